The second-order valence-electron chi connectivity index (χ2n) is 7.81. The zero-order valence-corrected chi connectivity index (χ0v) is 19.7. The van der Waals surface area contributed by atoms with Crippen LogP contribution in [0.15, 0.2) is 48.5 Å². The highest BCUT2D eigenvalue weighted by Crippen LogP contribution is 2.25. The van der Waals surface area contributed by atoms with E-state index in [9.17, 15) is 4.79 Å². The zero-order valence-electron chi connectivity index (χ0n) is 17.5. The first-order valence-electron chi connectivity index (χ1n) is 10.1. The van der Waals surface area contributed by atoms with Crippen molar-refractivity contribution in [3.63, 3.8) is 0 Å². The van der Waals surface area contributed by atoms with Gasteiger partial charge in [-0.25, -0.2) is 0 Å². The van der Waals surface area contributed by atoms with Crippen LogP contribution in [-0.2, 0) is 0 Å². The van der Waals surface area contributed by atoms with E-state index in [0.717, 1.165) is 39.3 Å². The fourth-order valence-corrected chi connectivity index (χ4v) is 4.15. The quantitative estimate of drug-likeness (QED) is 0.480. The number of benzene rings is 2. The molecule has 1 aliphatic heterocycles. The molecule has 4 rings (SSSR count). The third kappa shape index (κ3) is 4.33. The number of nitrogens with zero attached hydrogens (tertiary/aromatic N) is 4. The van der Waals surface area contributed by atoms with E-state index < -0.39 is 0 Å². The number of rotatable bonds is 3. The molecule has 0 unspecified atom stereocenters. The zero-order chi connectivity index (χ0) is 21.3. The predicted molar refractivity (Wildman–Crippen MR) is 129 cm³/mol. The number of hydrogen-bond acceptors (Lipinski definition) is 4. The van der Waals surface area contributed by atoms with Gasteiger partial charge in [0.2, 0.25) is 0 Å². The van der Waals surface area contributed by atoms with Crippen molar-refractivity contribution in [2.75, 3.05) is 31.1 Å². The highest BCUT2D eigenvalue weighted by Gasteiger charge is 2.23. The maximum Gasteiger partial charge on any atom is 0.253 e. The van der Waals surface area contributed by atoms with Crippen molar-refractivity contribution in [2.45, 2.75) is 20.8 Å². The SMILES string of the molecule is Cc1cc(C)c(-c2ccc(N3CCN(C(=O)c4ccc(I)cc4)CC3)nn2)cc1C. The highest BCUT2D eigenvalue weighted by atomic mass is 127. The number of aryl methyl sites for hydroxylation is 3. The molecule has 0 aliphatic carbocycles. The first kappa shape index (κ1) is 20.8. The summed E-state index contributed by atoms with van der Waals surface area (Å²) in [6.45, 7) is 9.25. The average molecular weight is 512 g/mol. The summed E-state index contributed by atoms with van der Waals surface area (Å²) in [5, 5.41) is 8.97. The van der Waals surface area contributed by atoms with Gasteiger partial charge in [-0.05, 0) is 103 Å². The fraction of sp³-hybridized carbons (Fsp3) is 0.292. The third-order valence-corrected chi connectivity index (χ3v) is 6.47. The normalized spacial score (nSPS) is 14.1. The Morgan fingerprint density at radius 2 is 1.50 bits per heavy atom. The van der Waals surface area contributed by atoms with E-state index >= 15 is 0 Å². The maximum atomic E-state index is 12.7. The molecule has 2 heterocycles. The van der Waals surface area contributed by atoms with E-state index in [2.05, 4.69) is 70.6 Å². The molecule has 1 saturated heterocycles. The van der Waals surface area contributed by atoms with Crippen molar-refractivity contribution >= 4 is 34.3 Å². The number of aromatic nitrogens is 2. The first-order chi connectivity index (χ1) is 14.4. The summed E-state index contributed by atoms with van der Waals surface area (Å²) in [4.78, 5) is 16.8. The lowest BCUT2D eigenvalue weighted by molar-refractivity contribution is 0.0746. The minimum Gasteiger partial charge on any atom is -0.352 e. The van der Waals surface area contributed by atoms with Crippen molar-refractivity contribution in [2.24, 2.45) is 0 Å². The Labute approximate surface area is 191 Å². The van der Waals surface area contributed by atoms with E-state index in [0.29, 0.717) is 13.1 Å². The van der Waals surface area contributed by atoms with Crippen LogP contribution >= 0.6 is 22.6 Å². The molecule has 0 saturated carbocycles. The minimum absolute atomic E-state index is 0.0951. The second kappa shape index (κ2) is 8.71. The molecular formula is C24H25IN4O. The number of hydrogen-bond donors (Lipinski definition) is 0. The first-order valence-corrected chi connectivity index (χ1v) is 11.2. The van der Waals surface area contributed by atoms with Gasteiger partial charge in [0.15, 0.2) is 5.82 Å². The van der Waals surface area contributed by atoms with Crippen molar-refractivity contribution in [3.05, 3.63) is 74.4 Å². The molecule has 2 aromatic carbocycles. The van der Waals surface area contributed by atoms with Gasteiger partial charge in [-0.15, -0.1) is 10.2 Å². The molecule has 0 N–H and O–H groups in total. The summed E-state index contributed by atoms with van der Waals surface area (Å²) in [6.07, 6.45) is 0. The molecule has 6 heteroatoms. The Morgan fingerprint density at radius 3 is 2.13 bits per heavy atom. The molecule has 5 nitrogen and oxygen atoms in total. The molecule has 3 aromatic rings. The predicted octanol–water partition coefficient (Wildman–Crippen LogP) is 4.64. The van der Waals surface area contributed by atoms with Crippen LogP contribution in [0.5, 0.6) is 0 Å². The molecule has 1 aliphatic rings. The minimum atomic E-state index is 0.0951. The number of anilines is 1. The van der Waals surface area contributed by atoms with Crippen LogP contribution < -0.4 is 4.90 Å². The average Bonchev–Trinajstić information content (AvgIpc) is 2.77. The van der Waals surface area contributed by atoms with Gasteiger partial charge in [0.25, 0.3) is 5.91 Å². The Hall–Kier alpha value is -2.48. The summed E-state index contributed by atoms with van der Waals surface area (Å²) < 4.78 is 1.13. The maximum absolute atomic E-state index is 12.7. The topological polar surface area (TPSA) is 49.3 Å². The lowest BCUT2D eigenvalue weighted by Crippen LogP contribution is -2.49. The van der Waals surface area contributed by atoms with Crippen molar-refractivity contribution in [3.8, 4) is 11.3 Å². The second-order valence-corrected chi connectivity index (χ2v) is 9.06. The van der Waals surface area contributed by atoms with E-state index in [1.807, 2.05) is 41.3 Å². The number of carbonyl (C=O) groups excluding carboxylic acids is 1. The van der Waals surface area contributed by atoms with Crippen molar-refractivity contribution in [1.82, 2.24) is 15.1 Å². The van der Waals surface area contributed by atoms with Gasteiger partial charge in [0, 0.05) is 40.9 Å². The third-order valence-electron chi connectivity index (χ3n) is 5.75. The molecule has 154 valence electrons. The van der Waals surface area contributed by atoms with Crippen molar-refractivity contribution < 1.29 is 4.79 Å². The van der Waals surface area contributed by atoms with Crippen LogP contribution in [0.25, 0.3) is 11.3 Å². The Bertz CT molecular complexity index is 1060. The molecule has 0 radical (unpaired) electrons. The molecule has 1 amide bonds. The molecule has 1 aromatic heterocycles. The standard InChI is InChI=1S/C24H25IN4O/c1-16-14-18(3)21(15-17(16)2)22-8-9-23(27-26-22)28-10-12-29(13-11-28)24(30)19-4-6-20(25)7-5-19/h4-9,14-15H,10-13H2,1-3H3. The van der Waals surface area contributed by atoms with Gasteiger partial charge in [0.1, 0.15) is 0 Å². The molecule has 0 bridgehead atoms. The number of halogens is 1. The van der Waals surface area contributed by atoms with Gasteiger partial charge in [-0.3, -0.25) is 4.79 Å². The summed E-state index contributed by atoms with van der Waals surface area (Å²) in [5.74, 6) is 0.958. The van der Waals surface area contributed by atoms with Gasteiger partial charge < -0.3 is 9.80 Å². The van der Waals surface area contributed by atoms with E-state index in [1.165, 1.54) is 16.7 Å². The fourth-order valence-electron chi connectivity index (χ4n) is 3.79. The lowest BCUT2D eigenvalue weighted by atomic mass is 9.99. The van der Waals surface area contributed by atoms with E-state index in [1.54, 1.807) is 0 Å². The van der Waals surface area contributed by atoms with Crippen LogP contribution in [0, 0.1) is 24.3 Å². The molecule has 30 heavy (non-hydrogen) atoms. The summed E-state index contributed by atoms with van der Waals surface area (Å²) >= 11 is 2.25. The molecule has 1 fully saturated rings. The van der Waals surface area contributed by atoms with Crippen LogP contribution in [-0.4, -0.2) is 47.2 Å². The van der Waals surface area contributed by atoms with Crippen LogP contribution in [0.1, 0.15) is 27.0 Å². The Balaban J connectivity index is 1.42. The van der Waals surface area contributed by atoms with Crippen molar-refractivity contribution in [1.29, 1.82) is 0 Å². The van der Waals surface area contributed by atoms with E-state index in [4.69, 9.17) is 0 Å². The number of piperazine rings is 1. The van der Waals surface area contributed by atoms with Crippen LogP contribution in [0.2, 0.25) is 0 Å². The number of amides is 1. The van der Waals surface area contributed by atoms with Gasteiger partial charge in [-0.1, -0.05) is 6.07 Å². The van der Waals surface area contributed by atoms with E-state index in [-0.39, 0.29) is 5.91 Å². The van der Waals surface area contributed by atoms with Gasteiger partial charge in [0.05, 0.1) is 5.69 Å². The summed E-state index contributed by atoms with van der Waals surface area (Å²) in [6, 6.07) is 16.2. The molecule has 0 spiro atoms. The van der Waals surface area contributed by atoms with Gasteiger partial charge in [-0.2, -0.15) is 0 Å². The summed E-state index contributed by atoms with van der Waals surface area (Å²) in [7, 11) is 0. The lowest BCUT2D eigenvalue weighted by Gasteiger charge is -2.35. The monoisotopic (exact) mass is 512 g/mol. The number of carbonyl (C=O) groups is 1. The largest absolute Gasteiger partial charge is 0.352 e. The highest BCUT2D eigenvalue weighted by molar-refractivity contribution is 14.1. The summed E-state index contributed by atoms with van der Waals surface area (Å²) in [5.41, 5.74) is 6.53. The smallest absolute Gasteiger partial charge is 0.253 e. The molecular weight excluding hydrogens is 487 g/mol. The van der Waals surface area contributed by atoms with Gasteiger partial charge >= 0.3 is 0 Å². The van der Waals surface area contributed by atoms with Crippen LogP contribution in [0.3, 0.4) is 0 Å². The Kier molecular flexibility index (Phi) is 6.04. The Morgan fingerprint density at radius 1 is 0.833 bits per heavy atom. The van der Waals surface area contributed by atoms with Crippen LogP contribution in [0.4, 0.5) is 5.82 Å². The molecule has 0 atom stereocenters.